The van der Waals surface area contributed by atoms with Gasteiger partial charge in [0, 0.05) is 11.1 Å². The normalized spacial score (nSPS) is 11.7. The van der Waals surface area contributed by atoms with Crippen LogP contribution in [-0.2, 0) is 4.79 Å². The van der Waals surface area contributed by atoms with Gasteiger partial charge in [-0.15, -0.1) is 0 Å². The number of nitrogens with one attached hydrogen (secondary N) is 1. The number of halogens is 1. The first-order valence-electron chi connectivity index (χ1n) is 5.34. The van der Waals surface area contributed by atoms with Crippen molar-refractivity contribution in [2.45, 2.75) is 19.4 Å². The van der Waals surface area contributed by atoms with Crippen molar-refractivity contribution in [2.24, 2.45) is 0 Å². The number of hydrogen-bond donors (Lipinski definition) is 2. The first-order chi connectivity index (χ1) is 8.86. The zero-order valence-electron chi connectivity index (χ0n) is 9.92. The number of carboxylic acid groups (broad SMARTS) is 1. The molecule has 102 valence electrons. The van der Waals surface area contributed by atoms with Crippen molar-refractivity contribution in [3.63, 3.8) is 0 Å². The van der Waals surface area contributed by atoms with E-state index >= 15 is 0 Å². The van der Waals surface area contributed by atoms with E-state index in [0.29, 0.717) is 0 Å². The lowest BCUT2D eigenvalue weighted by Crippen LogP contribution is -2.40. The molecule has 19 heavy (non-hydrogen) atoms. The van der Waals surface area contributed by atoms with Crippen LogP contribution in [0.3, 0.4) is 0 Å². The Morgan fingerprint density at radius 1 is 1.53 bits per heavy atom. The Morgan fingerprint density at radius 3 is 2.63 bits per heavy atom. The summed E-state index contributed by atoms with van der Waals surface area (Å²) in [4.78, 5) is 32.7. The SMILES string of the molecule is CC[C@H](NC(=O)c1cc(Cl)ccc1[N+](=O)[O-])C(=O)O. The second-order valence-corrected chi connectivity index (χ2v) is 4.13. The first-order valence-corrected chi connectivity index (χ1v) is 5.72. The monoisotopic (exact) mass is 286 g/mol. The van der Waals surface area contributed by atoms with Gasteiger partial charge < -0.3 is 10.4 Å². The molecule has 0 heterocycles. The van der Waals surface area contributed by atoms with Crippen LogP contribution < -0.4 is 5.32 Å². The fourth-order valence-corrected chi connectivity index (χ4v) is 1.60. The van der Waals surface area contributed by atoms with Gasteiger partial charge in [-0.3, -0.25) is 14.9 Å². The number of carbonyl (C=O) groups is 2. The number of benzene rings is 1. The highest BCUT2D eigenvalue weighted by Crippen LogP contribution is 2.22. The molecule has 0 unspecified atom stereocenters. The molecule has 2 N–H and O–H groups in total. The number of hydrogen-bond acceptors (Lipinski definition) is 4. The Labute approximate surface area is 113 Å². The van der Waals surface area contributed by atoms with Gasteiger partial charge in [0.2, 0.25) is 0 Å². The summed E-state index contributed by atoms with van der Waals surface area (Å²) in [6, 6.07) is 2.40. The summed E-state index contributed by atoms with van der Waals surface area (Å²) in [5.74, 6) is -2.05. The van der Waals surface area contributed by atoms with Gasteiger partial charge in [-0.1, -0.05) is 18.5 Å². The molecule has 0 aliphatic heterocycles. The largest absolute Gasteiger partial charge is 0.480 e. The van der Waals surface area contributed by atoms with E-state index in [1.165, 1.54) is 6.07 Å². The Balaban J connectivity index is 3.08. The van der Waals surface area contributed by atoms with Gasteiger partial charge in [0.05, 0.1) is 4.92 Å². The van der Waals surface area contributed by atoms with Gasteiger partial charge in [-0.2, -0.15) is 0 Å². The van der Waals surface area contributed by atoms with E-state index < -0.39 is 28.5 Å². The van der Waals surface area contributed by atoms with Crippen LogP contribution >= 0.6 is 11.6 Å². The molecular weight excluding hydrogens is 276 g/mol. The Kier molecular flexibility index (Phi) is 4.82. The van der Waals surface area contributed by atoms with Gasteiger partial charge in [0.15, 0.2) is 0 Å². The average Bonchev–Trinajstić information content (AvgIpc) is 2.34. The topological polar surface area (TPSA) is 110 Å². The summed E-state index contributed by atoms with van der Waals surface area (Å²) in [5.41, 5.74) is -0.695. The first kappa shape index (κ1) is 14.9. The number of carboxylic acids is 1. The van der Waals surface area contributed by atoms with Gasteiger partial charge in [0.1, 0.15) is 11.6 Å². The minimum Gasteiger partial charge on any atom is -0.480 e. The van der Waals surface area contributed by atoms with E-state index in [2.05, 4.69) is 5.32 Å². The van der Waals surface area contributed by atoms with E-state index in [0.717, 1.165) is 12.1 Å². The molecule has 1 atom stereocenters. The Morgan fingerprint density at radius 2 is 2.16 bits per heavy atom. The Hall–Kier alpha value is -2.15. The van der Waals surface area contributed by atoms with Crippen LogP contribution in [0.25, 0.3) is 0 Å². The molecule has 1 rings (SSSR count). The van der Waals surface area contributed by atoms with E-state index in [1.807, 2.05) is 0 Å². The second-order valence-electron chi connectivity index (χ2n) is 3.69. The molecule has 0 spiro atoms. The molecule has 0 aromatic heterocycles. The lowest BCUT2D eigenvalue weighted by atomic mass is 10.1. The number of nitro benzene ring substituents is 1. The highest BCUT2D eigenvalue weighted by Gasteiger charge is 2.24. The minimum atomic E-state index is -1.21. The molecule has 1 aromatic rings. The van der Waals surface area contributed by atoms with Crippen LogP contribution in [0.4, 0.5) is 5.69 Å². The number of amides is 1. The zero-order chi connectivity index (χ0) is 14.6. The Bertz CT molecular complexity index is 532. The lowest BCUT2D eigenvalue weighted by Gasteiger charge is -2.12. The standard InChI is InChI=1S/C11H11ClN2O5/c1-2-8(11(16)17)13-10(15)7-5-6(12)3-4-9(7)14(18)19/h3-5,8H,2H2,1H3,(H,13,15)(H,16,17)/t8-/m0/s1. The number of nitro groups is 1. The maximum Gasteiger partial charge on any atom is 0.326 e. The van der Waals surface area contributed by atoms with Crippen molar-refractivity contribution in [3.05, 3.63) is 38.9 Å². The molecule has 1 aromatic carbocycles. The van der Waals surface area contributed by atoms with Crippen LogP contribution in [0.2, 0.25) is 5.02 Å². The molecule has 0 fully saturated rings. The molecule has 1 amide bonds. The average molecular weight is 287 g/mol. The maximum absolute atomic E-state index is 11.9. The molecular formula is C11H11ClN2O5. The summed E-state index contributed by atoms with van der Waals surface area (Å²) < 4.78 is 0. The summed E-state index contributed by atoms with van der Waals surface area (Å²) in [5, 5.41) is 22.0. The smallest absolute Gasteiger partial charge is 0.326 e. The third kappa shape index (κ3) is 3.65. The van der Waals surface area contributed by atoms with Crippen molar-refractivity contribution in [1.82, 2.24) is 5.32 Å². The van der Waals surface area contributed by atoms with Crippen LogP contribution in [-0.4, -0.2) is 27.9 Å². The highest BCUT2D eigenvalue weighted by atomic mass is 35.5. The number of aliphatic carboxylic acids is 1. The van der Waals surface area contributed by atoms with Crippen molar-refractivity contribution < 1.29 is 19.6 Å². The molecule has 0 saturated carbocycles. The third-order valence-corrected chi connectivity index (χ3v) is 2.65. The summed E-state index contributed by atoms with van der Waals surface area (Å²) in [6.45, 7) is 1.57. The van der Waals surface area contributed by atoms with Crippen molar-refractivity contribution in [2.75, 3.05) is 0 Å². The number of carbonyl (C=O) groups excluding carboxylic acids is 1. The molecule has 0 saturated heterocycles. The molecule has 8 heteroatoms. The lowest BCUT2D eigenvalue weighted by molar-refractivity contribution is -0.385. The van der Waals surface area contributed by atoms with E-state index in [9.17, 15) is 19.7 Å². The van der Waals surface area contributed by atoms with E-state index in [4.69, 9.17) is 16.7 Å². The molecule has 0 aliphatic rings. The molecule has 7 nitrogen and oxygen atoms in total. The fourth-order valence-electron chi connectivity index (χ4n) is 1.42. The van der Waals surface area contributed by atoms with E-state index in [1.54, 1.807) is 6.92 Å². The summed E-state index contributed by atoms with van der Waals surface area (Å²) in [6.07, 6.45) is 0.162. The predicted octanol–water partition coefficient (Wildman–Crippen LogP) is 1.84. The highest BCUT2D eigenvalue weighted by molar-refractivity contribution is 6.31. The van der Waals surface area contributed by atoms with Crippen molar-refractivity contribution in [3.8, 4) is 0 Å². The minimum absolute atomic E-state index is 0.152. The summed E-state index contributed by atoms with van der Waals surface area (Å²) in [7, 11) is 0. The second kappa shape index (κ2) is 6.14. The summed E-state index contributed by atoms with van der Waals surface area (Å²) >= 11 is 5.68. The number of nitrogens with zero attached hydrogens (tertiary/aromatic N) is 1. The van der Waals surface area contributed by atoms with E-state index in [-0.39, 0.29) is 17.0 Å². The van der Waals surface area contributed by atoms with Crippen LogP contribution in [0, 0.1) is 10.1 Å². The van der Waals surface area contributed by atoms with Crippen LogP contribution in [0.5, 0.6) is 0 Å². The van der Waals surface area contributed by atoms with Crippen LogP contribution in [0.15, 0.2) is 18.2 Å². The van der Waals surface area contributed by atoms with Gasteiger partial charge in [-0.25, -0.2) is 4.79 Å². The van der Waals surface area contributed by atoms with Gasteiger partial charge >= 0.3 is 5.97 Å². The fraction of sp³-hybridized carbons (Fsp3) is 0.273. The van der Waals surface area contributed by atoms with Crippen LogP contribution in [0.1, 0.15) is 23.7 Å². The van der Waals surface area contributed by atoms with Gasteiger partial charge in [0.25, 0.3) is 11.6 Å². The number of rotatable bonds is 5. The van der Waals surface area contributed by atoms with Crippen molar-refractivity contribution in [1.29, 1.82) is 0 Å². The third-order valence-electron chi connectivity index (χ3n) is 2.41. The predicted molar refractivity (Wildman–Crippen MR) is 67.3 cm³/mol. The maximum atomic E-state index is 11.9. The molecule has 0 aliphatic carbocycles. The van der Waals surface area contributed by atoms with Gasteiger partial charge in [-0.05, 0) is 18.6 Å². The zero-order valence-corrected chi connectivity index (χ0v) is 10.7. The molecule has 0 radical (unpaired) electrons. The quantitative estimate of drug-likeness (QED) is 0.634. The van der Waals surface area contributed by atoms with Crippen molar-refractivity contribution >= 4 is 29.2 Å². The molecule has 0 bridgehead atoms.